The summed E-state index contributed by atoms with van der Waals surface area (Å²) in [6, 6.07) is 5.77. The molecule has 0 saturated heterocycles. The first kappa shape index (κ1) is 13.9. The zero-order valence-corrected chi connectivity index (χ0v) is 12.4. The maximum atomic E-state index is 5.30. The van der Waals surface area contributed by atoms with Gasteiger partial charge in [0.15, 0.2) is 11.5 Å². The maximum absolute atomic E-state index is 5.30. The van der Waals surface area contributed by atoms with E-state index in [0.29, 0.717) is 24.6 Å². The van der Waals surface area contributed by atoms with E-state index >= 15 is 0 Å². The fourth-order valence-electron chi connectivity index (χ4n) is 1.74. The molecule has 1 heterocycles. The fraction of sp³-hybridized carbons (Fsp3) is 0.308. The van der Waals surface area contributed by atoms with Gasteiger partial charge in [-0.25, -0.2) is 0 Å². The molecule has 0 saturated carbocycles. The van der Waals surface area contributed by atoms with Crippen LogP contribution in [0.3, 0.4) is 0 Å². The molecule has 102 valence electrons. The second-order valence-corrected chi connectivity index (χ2v) is 4.76. The van der Waals surface area contributed by atoms with Crippen molar-refractivity contribution in [2.75, 3.05) is 14.2 Å². The minimum absolute atomic E-state index is 0.655. The summed E-state index contributed by atoms with van der Waals surface area (Å²) < 4.78 is 16.2. The van der Waals surface area contributed by atoms with Crippen molar-refractivity contribution in [3.63, 3.8) is 0 Å². The quantitative estimate of drug-likeness (QED) is 0.884. The van der Waals surface area contributed by atoms with Gasteiger partial charge >= 0.3 is 0 Å². The van der Waals surface area contributed by atoms with E-state index in [1.807, 2.05) is 18.2 Å². The van der Waals surface area contributed by atoms with Crippen molar-refractivity contribution in [2.24, 2.45) is 0 Å². The summed E-state index contributed by atoms with van der Waals surface area (Å²) in [4.78, 5) is 0. The summed E-state index contributed by atoms with van der Waals surface area (Å²) in [5.74, 6) is 1.40. The molecule has 0 bridgehead atoms. The first-order valence-corrected chi connectivity index (χ1v) is 6.54. The third-order valence-corrected chi connectivity index (χ3v) is 3.21. The van der Waals surface area contributed by atoms with Crippen LogP contribution < -0.4 is 14.8 Å². The summed E-state index contributed by atoms with van der Waals surface area (Å²) >= 11 is 3.47. The highest BCUT2D eigenvalue weighted by Gasteiger charge is 2.10. The van der Waals surface area contributed by atoms with Crippen LogP contribution in [-0.2, 0) is 13.1 Å². The molecule has 19 heavy (non-hydrogen) atoms. The van der Waals surface area contributed by atoms with Gasteiger partial charge in [0.25, 0.3) is 0 Å². The van der Waals surface area contributed by atoms with E-state index < -0.39 is 0 Å². The highest BCUT2D eigenvalue weighted by molar-refractivity contribution is 9.10. The van der Waals surface area contributed by atoms with E-state index in [2.05, 4.69) is 26.4 Å². The lowest BCUT2D eigenvalue weighted by Crippen LogP contribution is -2.13. The Morgan fingerprint density at radius 3 is 2.74 bits per heavy atom. The monoisotopic (exact) mass is 326 g/mol. The van der Waals surface area contributed by atoms with E-state index in [-0.39, 0.29) is 0 Å². The van der Waals surface area contributed by atoms with E-state index in [1.165, 1.54) is 0 Å². The largest absolute Gasteiger partial charge is 0.493 e. The smallest absolute Gasteiger partial charge is 0.174 e. The van der Waals surface area contributed by atoms with E-state index in [9.17, 15) is 0 Å². The van der Waals surface area contributed by atoms with Gasteiger partial charge in [-0.2, -0.15) is 0 Å². The standard InChI is InChI=1S/C13H15BrN2O3/c1-17-12-6-9(5-11(14)13(12)18-2)7-15-8-10-3-4-19-16-10/h3-6,15H,7-8H2,1-2H3. The van der Waals surface area contributed by atoms with Crippen molar-refractivity contribution in [3.05, 3.63) is 40.2 Å². The molecule has 2 rings (SSSR count). The minimum Gasteiger partial charge on any atom is -0.493 e. The Balaban J connectivity index is 2.02. The van der Waals surface area contributed by atoms with E-state index in [1.54, 1.807) is 20.5 Å². The lowest BCUT2D eigenvalue weighted by molar-refractivity contribution is 0.352. The molecular formula is C13H15BrN2O3. The maximum Gasteiger partial charge on any atom is 0.174 e. The van der Waals surface area contributed by atoms with E-state index in [0.717, 1.165) is 15.7 Å². The van der Waals surface area contributed by atoms with Gasteiger partial charge in [-0.1, -0.05) is 5.16 Å². The predicted octanol–water partition coefficient (Wildman–Crippen LogP) is 2.74. The van der Waals surface area contributed by atoms with Gasteiger partial charge in [0.2, 0.25) is 0 Å². The first-order valence-electron chi connectivity index (χ1n) is 5.75. The molecule has 0 aliphatic carbocycles. The molecule has 1 aromatic carbocycles. The Kier molecular flexibility index (Phi) is 4.81. The second-order valence-electron chi connectivity index (χ2n) is 3.91. The third kappa shape index (κ3) is 3.48. The number of nitrogens with one attached hydrogen (secondary N) is 1. The molecule has 6 heteroatoms. The number of aromatic nitrogens is 1. The lowest BCUT2D eigenvalue weighted by atomic mass is 10.2. The zero-order chi connectivity index (χ0) is 13.7. The molecule has 1 N–H and O–H groups in total. The van der Waals surface area contributed by atoms with Crippen LogP contribution in [0.1, 0.15) is 11.3 Å². The molecule has 0 atom stereocenters. The topological polar surface area (TPSA) is 56.5 Å². The average Bonchev–Trinajstić information content (AvgIpc) is 2.91. The zero-order valence-electron chi connectivity index (χ0n) is 10.8. The molecular weight excluding hydrogens is 312 g/mol. The Morgan fingerprint density at radius 1 is 1.26 bits per heavy atom. The number of nitrogens with zero attached hydrogens (tertiary/aromatic N) is 1. The van der Waals surface area contributed by atoms with Gasteiger partial charge < -0.3 is 19.3 Å². The Hall–Kier alpha value is -1.53. The molecule has 0 radical (unpaired) electrons. The van der Waals surface area contributed by atoms with Gasteiger partial charge in [-0.15, -0.1) is 0 Å². The summed E-state index contributed by atoms with van der Waals surface area (Å²) in [5, 5.41) is 7.12. The third-order valence-electron chi connectivity index (χ3n) is 2.62. The lowest BCUT2D eigenvalue weighted by Gasteiger charge is -2.12. The Labute approximate surface area is 120 Å². The van der Waals surface area contributed by atoms with Crippen LogP contribution in [0.2, 0.25) is 0 Å². The predicted molar refractivity (Wildman–Crippen MR) is 74.3 cm³/mol. The molecule has 0 spiro atoms. The minimum atomic E-state index is 0.655. The van der Waals surface area contributed by atoms with Crippen LogP contribution in [0.25, 0.3) is 0 Å². The van der Waals surface area contributed by atoms with Crippen LogP contribution in [0.5, 0.6) is 11.5 Å². The van der Waals surface area contributed by atoms with Crippen LogP contribution >= 0.6 is 15.9 Å². The highest BCUT2D eigenvalue weighted by atomic mass is 79.9. The number of hydrogen-bond acceptors (Lipinski definition) is 5. The van der Waals surface area contributed by atoms with Crippen LogP contribution in [0.15, 0.2) is 33.5 Å². The van der Waals surface area contributed by atoms with Crippen molar-refractivity contribution in [1.29, 1.82) is 0 Å². The van der Waals surface area contributed by atoms with Gasteiger partial charge in [0.05, 0.1) is 24.4 Å². The second kappa shape index (κ2) is 6.58. The van der Waals surface area contributed by atoms with Gasteiger partial charge in [-0.3, -0.25) is 0 Å². The number of hydrogen-bond donors (Lipinski definition) is 1. The average molecular weight is 327 g/mol. The number of halogens is 1. The molecule has 0 fully saturated rings. The van der Waals surface area contributed by atoms with Crippen molar-refractivity contribution in [2.45, 2.75) is 13.1 Å². The molecule has 0 amide bonds. The van der Waals surface area contributed by atoms with Crippen molar-refractivity contribution < 1.29 is 14.0 Å². The van der Waals surface area contributed by atoms with Crippen LogP contribution in [0, 0.1) is 0 Å². The molecule has 0 aliphatic heterocycles. The van der Waals surface area contributed by atoms with E-state index in [4.69, 9.17) is 14.0 Å². The van der Waals surface area contributed by atoms with Gasteiger partial charge in [0, 0.05) is 19.2 Å². The molecule has 1 aromatic heterocycles. The first-order chi connectivity index (χ1) is 9.24. The molecule has 0 aliphatic rings. The van der Waals surface area contributed by atoms with Crippen molar-refractivity contribution in [3.8, 4) is 11.5 Å². The van der Waals surface area contributed by atoms with Crippen LogP contribution in [-0.4, -0.2) is 19.4 Å². The van der Waals surface area contributed by atoms with Crippen molar-refractivity contribution >= 4 is 15.9 Å². The van der Waals surface area contributed by atoms with Crippen LogP contribution in [0.4, 0.5) is 0 Å². The van der Waals surface area contributed by atoms with Gasteiger partial charge in [0.1, 0.15) is 6.26 Å². The summed E-state index contributed by atoms with van der Waals surface area (Å²) in [6.07, 6.45) is 1.56. The van der Waals surface area contributed by atoms with Crippen molar-refractivity contribution in [1.82, 2.24) is 10.5 Å². The molecule has 5 nitrogen and oxygen atoms in total. The molecule has 2 aromatic rings. The van der Waals surface area contributed by atoms with Gasteiger partial charge in [-0.05, 0) is 33.6 Å². The number of methoxy groups -OCH3 is 2. The molecule has 0 unspecified atom stereocenters. The number of benzene rings is 1. The summed E-state index contributed by atoms with van der Waals surface area (Å²) in [5.41, 5.74) is 1.97. The normalized spacial score (nSPS) is 10.5. The summed E-state index contributed by atoms with van der Waals surface area (Å²) in [6.45, 7) is 1.36. The number of rotatable bonds is 6. The Bertz CT molecular complexity index is 529. The number of ether oxygens (including phenoxy) is 2. The highest BCUT2D eigenvalue weighted by Crippen LogP contribution is 2.36. The Morgan fingerprint density at radius 2 is 2.11 bits per heavy atom. The fourth-order valence-corrected chi connectivity index (χ4v) is 2.39. The SMILES string of the molecule is COc1cc(CNCc2ccon2)cc(Br)c1OC. The summed E-state index contributed by atoms with van der Waals surface area (Å²) in [7, 11) is 3.24.